The molecule has 0 spiro atoms. The molecular formula is C26H35N3O3. The van der Waals surface area contributed by atoms with Gasteiger partial charge >= 0.3 is 0 Å². The van der Waals surface area contributed by atoms with Crippen LogP contribution < -0.4 is 15.4 Å². The molecule has 0 aromatic heterocycles. The Morgan fingerprint density at radius 3 is 2.16 bits per heavy atom. The average molecular weight is 438 g/mol. The minimum absolute atomic E-state index is 0.241. The molecule has 0 bridgehead atoms. The van der Waals surface area contributed by atoms with Crippen molar-refractivity contribution >= 4 is 17.4 Å². The van der Waals surface area contributed by atoms with Crippen molar-refractivity contribution in [1.82, 2.24) is 10.2 Å². The van der Waals surface area contributed by atoms with Crippen molar-refractivity contribution in [3.63, 3.8) is 0 Å². The van der Waals surface area contributed by atoms with Crippen molar-refractivity contribution in [3.8, 4) is 5.75 Å². The molecule has 0 aliphatic rings. The monoisotopic (exact) mass is 437 g/mol. The SMILES string of the molecule is CCOc1ccc(C(=O)/C=C(\NCCN(CC)CC)C(=O)Nc2c(C)cccc2C)cc1. The molecule has 2 aromatic rings. The highest BCUT2D eigenvalue weighted by atomic mass is 16.5. The van der Waals surface area contributed by atoms with Crippen molar-refractivity contribution in [2.24, 2.45) is 0 Å². The summed E-state index contributed by atoms with van der Waals surface area (Å²) in [4.78, 5) is 28.2. The van der Waals surface area contributed by atoms with E-state index in [1.165, 1.54) is 6.08 Å². The maximum atomic E-state index is 13.1. The van der Waals surface area contributed by atoms with Gasteiger partial charge in [-0.25, -0.2) is 0 Å². The van der Waals surface area contributed by atoms with Crippen LogP contribution in [0.5, 0.6) is 5.75 Å². The number of rotatable bonds is 12. The van der Waals surface area contributed by atoms with Gasteiger partial charge in [-0.15, -0.1) is 0 Å². The molecule has 0 saturated carbocycles. The summed E-state index contributed by atoms with van der Waals surface area (Å²) in [5.74, 6) is 0.134. The van der Waals surface area contributed by atoms with Crippen molar-refractivity contribution in [2.75, 3.05) is 38.1 Å². The number of aryl methyl sites for hydroxylation is 2. The van der Waals surface area contributed by atoms with Crippen LogP contribution >= 0.6 is 0 Å². The molecule has 0 atom stereocenters. The first kappa shape index (κ1) is 25.1. The first-order valence-electron chi connectivity index (χ1n) is 11.2. The van der Waals surface area contributed by atoms with Crippen LogP contribution in [0, 0.1) is 13.8 Å². The minimum atomic E-state index is -0.332. The second-order valence-corrected chi connectivity index (χ2v) is 7.55. The molecule has 6 nitrogen and oxygen atoms in total. The summed E-state index contributed by atoms with van der Waals surface area (Å²) in [7, 11) is 0. The Kier molecular flexibility index (Phi) is 9.95. The predicted molar refractivity (Wildman–Crippen MR) is 130 cm³/mol. The Labute approximate surface area is 191 Å². The molecule has 0 saturated heterocycles. The summed E-state index contributed by atoms with van der Waals surface area (Å²) >= 11 is 0. The summed E-state index contributed by atoms with van der Waals surface area (Å²) in [6.45, 7) is 13.8. The van der Waals surface area contributed by atoms with Gasteiger partial charge in [0.25, 0.3) is 5.91 Å². The maximum Gasteiger partial charge on any atom is 0.271 e. The number of carbonyl (C=O) groups is 2. The fourth-order valence-electron chi connectivity index (χ4n) is 3.37. The molecule has 32 heavy (non-hydrogen) atoms. The van der Waals surface area contributed by atoms with Crippen LogP contribution in [0.1, 0.15) is 42.3 Å². The number of amides is 1. The fourth-order valence-corrected chi connectivity index (χ4v) is 3.37. The molecule has 0 aliphatic heterocycles. The zero-order chi connectivity index (χ0) is 23.5. The van der Waals surface area contributed by atoms with E-state index >= 15 is 0 Å². The van der Waals surface area contributed by atoms with Gasteiger partial charge in [0.05, 0.1) is 6.61 Å². The van der Waals surface area contributed by atoms with E-state index < -0.39 is 0 Å². The second-order valence-electron chi connectivity index (χ2n) is 7.55. The lowest BCUT2D eigenvalue weighted by Gasteiger charge is -2.19. The molecule has 2 N–H and O–H groups in total. The molecule has 0 unspecified atom stereocenters. The van der Waals surface area contributed by atoms with E-state index in [1.807, 2.05) is 39.0 Å². The Morgan fingerprint density at radius 2 is 1.59 bits per heavy atom. The average Bonchev–Trinajstić information content (AvgIpc) is 2.79. The van der Waals surface area contributed by atoms with Gasteiger partial charge in [-0.1, -0.05) is 32.0 Å². The third-order valence-electron chi connectivity index (χ3n) is 5.33. The van der Waals surface area contributed by atoms with Crippen LogP contribution in [0.4, 0.5) is 5.69 Å². The largest absolute Gasteiger partial charge is 0.494 e. The first-order valence-corrected chi connectivity index (χ1v) is 11.2. The molecule has 0 radical (unpaired) electrons. The lowest BCUT2D eigenvalue weighted by atomic mass is 10.1. The predicted octanol–water partition coefficient (Wildman–Crippen LogP) is 4.34. The highest BCUT2D eigenvalue weighted by Gasteiger charge is 2.15. The number of allylic oxidation sites excluding steroid dienone is 1. The number of ketones is 1. The molecular weight excluding hydrogens is 402 g/mol. The number of anilines is 1. The standard InChI is InChI=1S/C26H35N3O3/c1-6-29(7-2)17-16-27-23(26(31)28-25-19(4)10-9-11-20(25)5)18-24(30)21-12-14-22(15-13-21)32-8-3/h9-15,18,27H,6-8,16-17H2,1-5H3,(H,28,31)/b23-18-. The molecule has 2 rings (SSSR count). The minimum Gasteiger partial charge on any atom is -0.494 e. The number of hydrogen-bond donors (Lipinski definition) is 2. The van der Waals surface area contributed by atoms with Gasteiger partial charge in [0.15, 0.2) is 5.78 Å². The third kappa shape index (κ3) is 7.24. The van der Waals surface area contributed by atoms with Crippen LogP contribution in [-0.4, -0.2) is 49.4 Å². The van der Waals surface area contributed by atoms with Gasteiger partial charge in [0, 0.05) is 30.4 Å². The van der Waals surface area contributed by atoms with Gasteiger partial charge in [-0.05, 0) is 69.3 Å². The zero-order valence-corrected chi connectivity index (χ0v) is 19.8. The number of likely N-dealkylation sites (N-methyl/N-ethyl adjacent to an activating group) is 1. The molecule has 0 aliphatic carbocycles. The molecule has 0 fully saturated rings. The van der Waals surface area contributed by atoms with Gasteiger partial charge < -0.3 is 20.3 Å². The summed E-state index contributed by atoms with van der Waals surface area (Å²) in [6, 6.07) is 12.8. The smallest absolute Gasteiger partial charge is 0.271 e. The van der Waals surface area contributed by atoms with E-state index in [1.54, 1.807) is 24.3 Å². The molecule has 172 valence electrons. The Hall–Kier alpha value is -3.12. The third-order valence-corrected chi connectivity index (χ3v) is 5.33. The van der Waals surface area contributed by atoms with E-state index in [0.717, 1.165) is 36.4 Å². The number of carbonyl (C=O) groups excluding carboxylic acids is 2. The number of benzene rings is 2. The van der Waals surface area contributed by atoms with E-state index in [0.29, 0.717) is 24.5 Å². The van der Waals surface area contributed by atoms with E-state index in [-0.39, 0.29) is 17.4 Å². The van der Waals surface area contributed by atoms with Crippen LogP contribution in [0.25, 0.3) is 0 Å². The summed E-state index contributed by atoms with van der Waals surface area (Å²) in [5, 5.41) is 6.14. The fraction of sp³-hybridized carbons (Fsp3) is 0.385. The van der Waals surface area contributed by atoms with Gasteiger partial charge in [0.2, 0.25) is 0 Å². The van der Waals surface area contributed by atoms with Gasteiger partial charge in [-0.2, -0.15) is 0 Å². The molecule has 2 aromatic carbocycles. The number of nitrogens with one attached hydrogen (secondary N) is 2. The lowest BCUT2D eigenvalue weighted by molar-refractivity contribution is -0.113. The number of ether oxygens (including phenoxy) is 1. The summed E-state index contributed by atoms with van der Waals surface area (Å²) < 4.78 is 5.44. The molecule has 1 amide bonds. The van der Waals surface area contributed by atoms with E-state index in [4.69, 9.17) is 4.74 Å². The zero-order valence-electron chi connectivity index (χ0n) is 19.8. The highest BCUT2D eigenvalue weighted by Crippen LogP contribution is 2.20. The van der Waals surface area contributed by atoms with Crippen molar-refractivity contribution in [3.05, 3.63) is 70.9 Å². The Morgan fingerprint density at radius 1 is 0.969 bits per heavy atom. The first-order chi connectivity index (χ1) is 15.4. The van der Waals surface area contributed by atoms with Crippen LogP contribution in [0.2, 0.25) is 0 Å². The number of nitrogens with zero attached hydrogens (tertiary/aromatic N) is 1. The molecule has 0 heterocycles. The highest BCUT2D eigenvalue weighted by molar-refractivity contribution is 6.12. The lowest BCUT2D eigenvalue weighted by Crippen LogP contribution is -2.35. The van der Waals surface area contributed by atoms with Crippen LogP contribution in [0.15, 0.2) is 54.2 Å². The maximum absolute atomic E-state index is 13.1. The number of hydrogen-bond acceptors (Lipinski definition) is 5. The van der Waals surface area contributed by atoms with E-state index in [9.17, 15) is 9.59 Å². The quantitative estimate of drug-likeness (QED) is 0.382. The topological polar surface area (TPSA) is 70.7 Å². The van der Waals surface area contributed by atoms with Crippen LogP contribution in [-0.2, 0) is 4.79 Å². The summed E-state index contributed by atoms with van der Waals surface area (Å²) in [5.41, 5.74) is 3.45. The Bertz CT molecular complexity index is 912. The van der Waals surface area contributed by atoms with Crippen LogP contribution in [0.3, 0.4) is 0 Å². The summed E-state index contributed by atoms with van der Waals surface area (Å²) in [6.07, 6.45) is 1.38. The van der Waals surface area contributed by atoms with Gasteiger partial charge in [-0.3, -0.25) is 9.59 Å². The van der Waals surface area contributed by atoms with Crippen molar-refractivity contribution in [1.29, 1.82) is 0 Å². The van der Waals surface area contributed by atoms with E-state index in [2.05, 4.69) is 29.4 Å². The normalized spacial score (nSPS) is 11.4. The van der Waals surface area contributed by atoms with Crippen molar-refractivity contribution in [2.45, 2.75) is 34.6 Å². The Balaban J connectivity index is 2.23. The molecule has 6 heteroatoms. The number of para-hydroxylation sites is 1. The van der Waals surface area contributed by atoms with Gasteiger partial charge in [0.1, 0.15) is 11.4 Å². The van der Waals surface area contributed by atoms with Crippen molar-refractivity contribution < 1.29 is 14.3 Å². The second kappa shape index (κ2) is 12.7.